The Kier molecular flexibility index (Phi) is 3.97. The van der Waals surface area contributed by atoms with Crippen LogP contribution >= 0.6 is 11.8 Å². The van der Waals surface area contributed by atoms with Crippen LogP contribution in [0.5, 0.6) is 0 Å². The number of amides is 1. The molecule has 0 aliphatic heterocycles. The molecular formula is C8H13N3O2S. The predicted molar refractivity (Wildman–Crippen MR) is 53.7 cm³/mol. The first kappa shape index (κ1) is 11.1. The summed E-state index contributed by atoms with van der Waals surface area (Å²) < 4.78 is 1.70. The van der Waals surface area contributed by atoms with E-state index < -0.39 is 0 Å². The molecule has 0 aliphatic carbocycles. The van der Waals surface area contributed by atoms with Crippen LogP contribution < -0.4 is 0 Å². The van der Waals surface area contributed by atoms with Crippen molar-refractivity contribution in [1.82, 2.24) is 14.8 Å². The minimum atomic E-state index is -0.0682. The van der Waals surface area contributed by atoms with Gasteiger partial charge in [-0.1, -0.05) is 0 Å². The summed E-state index contributed by atoms with van der Waals surface area (Å²) in [6.07, 6.45) is 3.59. The number of hydrogen-bond acceptors (Lipinski definition) is 4. The standard InChI is InChI=1S/C8H13N3O2S/c1-10-5-7(4-9-10)14-6-8(12)11(2)13-3/h4-5H,6H2,1-3H3. The van der Waals surface area contributed by atoms with Gasteiger partial charge in [0, 0.05) is 25.2 Å². The fourth-order valence-electron chi connectivity index (χ4n) is 0.811. The number of aryl methyl sites for hydroxylation is 1. The van der Waals surface area contributed by atoms with Gasteiger partial charge in [-0.3, -0.25) is 14.3 Å². The van der Waals surface area contributed by atoms with Crippen molar-refractivity contribution < 1.29 is 9.63 Å². The molecule has 5 nitrogen and oxygen atoms in total. The lowest BCUT2D eigenvalue weighted by molar-refractivity contribution is -0.165. The van der Waals surface area contributed by atoms with Gasteiger partial charge in [0.2, 0.25) is 0 Å². The smallest absolute Gasteiger partial charge is 0.256 e. The molecule has 14 heavy (non-hydrogen) atoms. The average molecular weight is 215 g/mol. The topological polar surface area (TPSA) is 47.4 Å². The molecule has 0 aromatic carbocycles. The van der Waals surface area contributed by atoms with Crippen molar-refractivity contribution in [1.29, 1.82) is 0 Å². The molecule has 0 bridgehead atoms. The van der Waals surface area contributed by atoms with Crippen molar-refractivity contribution in [2.24, 2.45) is 7.05 Å². The number of carbonyl (C=O) groups is 1. The van der Waals surface area contributed by atoms with Gasteiger partial charge in [0.1, 0.15) is 0 Å². The second-order valence-electron chi connectivity index (χ2n) is 2.71. The SMILES string of the molecule is CON(C)C(=O)CSc1cnn(C)c1. The van der Waals surface area contributed by atoms with Crippen molar-refractivity contribution in [3.8, 4) is 0 Å². The molecule has 78 valence electrons. The van der Waals surface area contributed by atoms with Gasteiger partial charge in [0.05, 0.1) is 19.1 Å². The number of rotatable bonds is 4. The molecule has 1 aromatic heterocycles. The van der Waals surface area contributed by atoms with Crippen molar-refractivity contribution in [3.05, 3.63) is 12.4 Å². The van der Waals surface area contributed by atoms with Crippen LogP contribution in [0.25, 0.3) is 0 Å². The van der Waals surface area contributed by atoms with E-state index in [9.17, 15) is 4.79 Å². The molecular weight excluding hydrogens is 202 g/mol. The van der Waals surface area contributed by atoms with Crippen LogP contribution in [0.1, 0.15) is 0 Å². The zero-order chi connectivity index (χ0) is 10.6. The van der Waals surface area contributed by atoms with Gasteiger partial charge in [-0.25, -0.2) is 5.06 Å². The van der Waals surface area contributed by atoms with E-state index >= 15 is 0 Å². The number of nitrogens with zero attached hydrogens (tertiary/aromatic N) is 3. The van der Waals surface area contributed by atoms with E-state index in [-0.39, 0.29) is 5.91 Å². The summed E-state index contributed by atoms with van der Waals surface area (Å²) in [6, 6.07) is 0. The Morgan fingerprint density at radius 1 is 1.79 bits per heavy atom. The molecule has 0 spiro atoms. The Morgan fingerprint density at radius 3 is 3.00 bits per heavy atom. The van der Waals surface area contributed by atoms with Crippen LogP contribution in [0, 0.1) is 0 Å². The highest BCUT2D eigenvalue weighted by Crippen LogP contribution is 2.16. The van der Waals surface area contributed by atoms with E-state index in [1.807, 2.05) is 13.2 Å². The quantitative estimate of drug-likeness (QED) is 0.543. The molecule has 0 atom stereocenters. The second kappa shape index (κ2) is 5.02. The summed E-state index contributed by atoms with van der Waals surface area (Å²) in [5.41, 5.74) is 0. The van der Waals surface area contributed by atoms with Gasteiger partial charge < -0.3 is 0 Å². The normalized spacial score (nSPS) is 10.2. The summed E-state index contributed by atoms with van der Waals surface area (Å²) in [5, 5.41) is 5.21. The third-order valence-electron chi connectivity index (χ3n) is 1.67. The monoisotopic (exact) mass is 215 g/mol. The molecule has 0 unspecified atom stereocenters. The molecule has 1 aromatic rings. The highest BCUT2D eigenvalue weighted by atomic mass is 32.2. The molecule has 0 fully saturated rings. The maximum Gasteiger partial charge on any atom is 0.256 e. The van der Waals surface area contributed by atoms with E-state index in [4.69, 9.17) is 4.84 Å². The van der Waals surface area contributed by atoms with E-state index in [2.05, 4.69) is 5.10 Å². The highest BCUT2D eigenvalue weighted by Gasteiger charge is 2.08. The van der Waals surface area contributed by atoms with E-state index in [0.717, 1.165) is 4.90 Å². The minimum absolute atomic E-state index is 0.0682. The van der Waals surface area contributed by atoms with E-state index in [1.165, 1.54) is 23.9 Å². The first-order valence-corrected chi connectivity index (χ1v) is 5.04. The van der Waals surface area contributed by atoms with Crippen molar-refractivity contribution in [3.63, 3.8) is 0 Å². The minimum Gasteiger partial charge on any atom is -0.275 e. The van der Waals surface area contributed by atoms with E-state index in [0.29, 0.717) is 5.75 Å². The zero-order valence-electron chi connectivity index (χ0n) is 8.43. The lowest BCUT2D eigenvalue weighted by Gasteiger charge is -2.12. The molecule has 0 aliphatic rings. The number of hydroxylamine groups is 2. The summed E-state index contributed by atoms with van der Waals surface area (Å²) in [4.78, 5) is 17.0. The molecule has 1 amide bonds. The molecule has 1 heterocycles. The average Bonchev–Trinajstić information content (AvgIpc) is 2.59. The predicted octanol–water partition coefficient (Wildman–Crippen LogP) is 0.532. The lowest BCUT2D eigenvalue weighted by atomic mass is 10.7. The van der Waals surface area contributed by atoms with Crippen LogP contribution in [0.15, 0.2) is 17.3 Å². The molecule has 1 rings (SSSR count). The molecule has 0 N–H and O–H groups in total. The van der Waals surface area contributed by atoms with Crippen LogP contribution in [0.2, 0.25) is 0 Å². The van der Waals surface area contributed by atoms with Crippen LogP contribution in [0.3, 0.4) is 0 Å². The number of thioether (sulfide) groups is 1. The summed E-state index contributed by atoms with van der Waals surface area (Å²) >= 11 is 1.44. The van der Waals surface area contributed by atoms with Gasteiger partial charge in [-0.2, -0.15) is 5.10 Å². The molecule has 0 saturated carbocycles. The van der Waals surface area contributed by atoms with Gasteiger partial charge >= 0.3 is 0 Å². The Balaban J connectivity index is 2.37. The van der Waals surface area contributed by atoms with Crippen LogP contribution in [-0.2, 0) is 16.7 Å². The number of carbonyl (C=O) groups excluding carboxylic acids is 1. The molecule has 0 saturated heterocycles. The second-order valence-corrected chi connectivity index (χ2v) is 3.76. The van der Waals surface area contributed by atoms with Gasteiger partial charge in [0.15, 0.2) is 0 Å². The first-order chi connectivity index (χ1) is 6.63. The third kappa shape index (κ3) is 3.04. The highest BCUT2D eigenvalue weighted by molar-refractivity contribution is 8.00. The number of aromatic nitrogens is 2. The third-order valence-corrected chi connectivity index (χ3v) is 2.60. The number of hydrogen-bond donors (Lipinski definition) is 0. The van der Waals surface area contributed by atoms with Crippen LogP contribution in [0.4, 0.5) is 0 Å². The maximum absolute atomic E-state index is 11.3. The molecule has 0 radical (unpaired) electrons. The maximum atomic E-state index is 11.3. The fraction of sp³-hybridized carbons (Fsp3) is 0.500. The van der Waals surface area contributed by atoms with Crippen molar-refractivity contribution in [2.45, 2.75) is 4.90 Å². The van der Waals surface area contributed by atoms with Gasteiger partial charge in [-0.05, 0) is 0 Å². The summed E-state index contributed by atoms with van der Waals surface area (Å²) in [6.45, 7) is 0. The van der Waals surface area contributed by atoms with Crippen LogP contribution in [-0.4, -0.2) is 40.7 Å². The Morgan fingerprint density at radius 2 is 2.50 bits per heavy atom. The Bertz CT molecular complexity index is 313. The summed E-state index contributed by atoms with van der Waals surface area (Å²) in [7, 11) is 4.89. The summed E-state index contributed by atoms with van der Waals surface area (Å²) in [5.74, 6) is 0.289. The first-order valence-electron chi connectivity index (χ1n) is 4.05. The molecule has 6 heteroatoms. The van der Waals surface area contributed by atoms with Crippen molar-refractivity contribution >= 4 is 17.7 Å². The largest absolute Gasteiger partial charge is 0.275 e. The Hall–Kier alpha value is -1.01. The van der Waals surface area contributed by atoms with Crippen molar-refractivity contribution in [2.75, 3.05) is 19.9 Å². The fourth-order valence-corrected chi connectivity index (χ4v) is 1.63. The lowest BCUT2D eigenvalue weighted by Crippen LogP contribution is -2.26. The van der Waals surface area contributed by atoms with E-state index in [1.54, 1.807) is 17.9 Å². The van der Waals surface area contributed by atoms with Gasteiger partial charge in [-0.15, -0.1) is 11.8 Å². The zero-order valence-corrected chi connectivity index (χ0v) is 9.24. The van der Waals surface area contributed by atoms with Gasteiger partial charge in [0.25, 0.3) is 5.91 Å². The Labute approximate surface area is 87.0 Å².